The average Bonchev–Trinajstić information content (AvgIpc) is 2.84. The Kier molecular flexibility index (Phi) is 5.43. The van der Waals surface area contributed by atoms with Crippen LogP contribution in [0.15, 0.2) is 42.7 Å². The Labute approximate surface area is 187 Å². The first-order valence-electron chi connectivity index (χ1n) is 10.9. The number of hydrogen-bond donors (Lipinski definition) is 0. The van der Waals surface area contributed by atoms with Crippen molar-refractivity contribution in [2.75, 3.05) is 43.1 Å². The van der Waals surface area contributed by atoms with Gasteiger partial charge in [0.15, 0.2) is 5.78 Å². The largest absolute Gasteiger partial charge is 0.496 e. The molecule has 3 aromatic rings. The lowest BCUT2D eigenvalue weighted by Crippen LogP contribution is -2.48. The zero-order valence-corrected chi connectivity index (χ0v) is 18.4. The molecule has 8 nitrogen and oxygen atoms in total. The number of rotatable bonds is 4. The van der Waals surface area contributed by atoms with E-state index in [0.29, 0.717) is 24.4 Å². The minimum atomic E-state index is 0.0559. The molecule has 1 aliphatic carbocycles. The third-order valence-electron chi connectivity index (χ3n) is 6.28. The molecule has 2 aliphatic rings. The number of hydrogen-bond acceptors (Lipinski definition) is 8. The maximum atomic E-state index is 13.0. The third kappa shape index (κ3) is 3.77. The number of piperazine rings is 1. The normalized spacial score (nSPS) is 18.4. The number of methoxy groups -OCH3 is 1. The van der Waals surface area contributed by atoms with E-state index in [1.54, 1.807) is 19.5 Å². The van der Waals surface area contributed by atoms with E-state index in [-0.39, 0.29) is 11.7 Å². The number of anilines is 2. The first-order chi connectivity index (χ1) is 15.6. The molecule has 0 radical (unpaired) electrons. The second-order valence-electron chi connectivity index (χ2n) is 8.22. The van der Waals surface area contributed by atoms with Gasteiger partial charge in [-0.15, -0.1) is 0 Å². The van der Waals surface area contributed by atoms with E-state index in [9.17, 15) is 4.79 Å². The molecule has 0 bridgehead atoms. The van der Waals surface area contributed by atoms with Gasteiger partial charge in [0.2, 0.25) is 11.9 Å². The molecule has 0 amide bonds. The van der Waals surface area contributed by atoms with Crippen molar-refractivity contribution >= 4 is 17.7 Å². The molecule has 0 spiro atoms. The molecule has 164 valence electrons. The van der Waals surface area contributed by atoms with Gasteiger partial charge in [-0.2, -0.15) is 0 Å². The van der Waals surface area contributed by atoms with Gasteiger partial charge in [-0.05, 0) is 31.0 Å². The van der Waals surface area contributed by atoms with Crippen LogP contribution in [0.5, 0.6) is 5.75 Å². The number of ketones is 1. The molecular weight excluding hydrogens is 404 g/mol. The SMILES string of the molecule is COc1ccccc1[C@@H]1CC(=O)c2c(C)nc(N3CCN(c4ncccn4)CC3)nc2C1. The highest BCUT2D eigenvalue weighted by molar-refractivity contribution is 5.99. The van der Waals surface area contributed by atoms with Crippen molar-refractivity contribution < 1.29 is 9.53 Å². The predicted octanol–water partition coefficient (Wildman–Crippen LogP) is 2.82. The zero-order chi connectivity index (χ0) is 22.1. The minimum absolute atomic E-state index is 0.0559. The summed E-state index contributed by atoms with van der Waals surface area (Å²) in [4.78, 5) is 35.7. The highest BCUT2D eigenvalue weighted by atomic mass is 16.5. The van der Waals surface area contributed by atoms with Crippen LogP contribution >= 0.6 is 0 Å². The van der Waals surface area contributed by atoms with Crippen molar-refractivity contribution in [2.24, 2.45) is 0 Å². The molecular formula is C24H26N6O2. The number of Topliss-reactive ketones (excluding diaryl/α,β-unsaturated/α-hetero) is 1. The molecule has 2 aromatic heterocycles. The average molecular weight is 431 g/mol. The molecule has 0 saturated carbocycles. The zero-order valence-electron chi connectivity index (χ0n) is 18.4. The molecule has 3 heterocycles. The third-order valence-corrected chi connectivity index (χ3v) is 6.28. The first kappa shape index (κ1) is 20.4. The number of ether oxygens (including phenoxy) is 1. The number of aryl methyl sites for hydroxylation is 1. The van der Waals surface area contributed by atoms with E-state index in [1.165, 1.54) is 0 Å². The predicted molar refractivity (Wildman–Crippen MR) is 122 cm³/mol. The number of carbonyl (C=O) groups is 1. The maximum Gasteiger partial charge on any atom is 0.225 e. The highest BCUT2D eigenvalue weighted by Crippen LogP contribution is 2.37. The molecule has 1 aliphatic heterocycles. The highest BCUT2D eigenvalue weighted by Gasteiger charge is 2.32. The Morgan fingerprint density at radius 3 is 2.31 bits per heavy atom. The molecule has 1 fully saturated rings. The van der Waals surface area contributed by atoms with Gasteiger partial charge in [0, 0.05) is 50.9 Å². The van der Waals surface area contributed by atoms with E-state index < -0.39 is 0 Å². The van der Waals surface area contributed by atoms with Crippen LogP contribution in [0.25, 0.3) is 0 Å². The van der Waals surface area contributed by atoms with E-state index in [2.05, 4.69) is 19.8 Å². The van der Waals surface area contributed by atoms with Crippen LogP contribution in [0.1, 0.15) is 39.6 Å². The van der Waals surface area contributed by atoms with Crippen molar-refractivity contribution in [3.05, 3.63) is 65.2 Å². The van der Waals surface area contributed by atoms with E-state index in [0.717, 1.165) is 54.8 Å². The summed E-state index contributed by atoms with van der Waals surface area (Å²) in [5.41, 5.74) is 3.36. The molecule has 0 unspecified atom stereocenters. The summed E-state index contributed by atoms with van der Waals surface area (Å²) >= 11 is 0. The lowest BCUT2D eigenvalue weighted by Gasteiger charge is -2.35. The lowest BCUT2D eigenvalue weighted by molar-refractivity contribution is 0.0961. The smallest absolute Gasteiger partial charge is 0.225 e. The van der Waals surface area contributed by atoms with Gasteiger partial charge in [-0.3, -0.25) is 4.79 Å². The summed E-state index contributed by atoms with van der Waals surface area (Å²) < 4.78 is 5.54. The quantitative estimate of drug-likeness (QED) is 0.625. The molecule has 32 heavy (non-hydrogen) atoms. The van der Waals surface area contributed by atoms with Crippen molar-refractivity contribution in [3.8, 4) is 5.75 Å². The van der Waals surface area contributed by atoms with Crippen LogP contribution in [-0.4, -0.2) is 59.0 Å². The summed E-state index contributed by atoms with van der Waals surface area (Å²) in [6.45, 7) is 5.07. The molecule has 5 rings (SSSR count). The molecule has 1 saturated heterocycles. The number of aromatic nitrogens is 4. The molecule has 1 atom stereocenters. The van der Waals surface area contributed by atoms with Crippen LogP contribution in [0.4, 0.5) is 11.9 Å². The number of carbonyl (C=O) groups excluding carboxylic acids is 1. The minimum Gasteiger partial charge on any atom is -0.496 e. The number of benzene rings is 1. The second kappa shape index (κ2) is 8.53. The Morgan fingerprint density at radius 1 is 0.906 bits per heavy atom. The summed E-state index contributed by atoms with van der Waals surface area (Å²) in [6, 6.07) is 9.75. The Balaban J connectivity index is 1.38. The first-order valence-corrected chi connectivity index (χ1v) is 10.9. The van der Waals surface area contributed by atoms with Crippen molar-refractivity contribution in [3.63, 3.8) is 0 Å². The van der Waals surface area contributed by atoms with Crippen molar-refractivity contribution in [2.45, 2.75) is 25.7 Å². The van der Waals surface area contributed by atoms with Gasteiger partial charge >= 0.3 is 0 Å². The van der Waals surface area contributed by atoms with E-state index in [4.69, 9.17) is 14.7 Å². The fourth-order valence-electron chi connectivity index (χ4n) is 4.68. The molecule has 1 aromatic carbocycles. The van der Waals surface area contributed by atoms with E-state index >= 15 is 0 Å². The molecule has 0 N–H and O–H groups in total. The van der Waals surface area contributed by atoms with Crippen LogP contribution in [0.2, 0.25) is 0 Å². The summed E-state index contributed by atoms with van der Waals surface area (Å²) in [5.74, 6) is 2.43. The molecule has 8 heteroatoms. The monoisotopic (exact) mass is 430 g/mol. The Bertz CT molecular complexity index is 1130. The number of para-hydroxylation sites is 1. The fourth-order valence-corrected chi connectivity index (χ4v) is 4.68. The fraction of sp³-hybridized carbons (Fsp3) is 0.375. The summed E-state index contributed by atoms with van der Waals surface area (Å²) in [7, 11) is 1.67. The van der Waals surface area contributed by atoms with Gasteiger partial charge < -0.3 is 14.5 Å². The maximum absolute atomic E-state index is 13.0. The van der Waals surface area contributed by atoms with E-state index in [1.807, 2.05) is 37.3 Å². The van der Waals surface area contributed by atoms with Crippen LogP contribution < -0.4 is 14.5 Å². The van der Waals surface area contributed by atoms with Gasteiger partial charge in [0.1, 0.15) is 5.75 Å². The van der Waals surface area contributed by atoms with Crippen molar-refractivity contribution in [1.29, 1.82) is 0 Å². The topological polar surface area (TPSA) is 84.3 Å². The standard InChI is InChI=1S/C24H26N6O2/c1-16-22-19(14-17(15-20(22)31)18-6-3-4-7-21(18)32-2)28-24(27-16)30-12-10-29(11-13-30)23-25-8-5-9-26-23/h3-9,17H,10-15H2,1-2H3/t17-/m0/s1. The lowest BCUT2D eigenvalue weighted by atomic mass is 9.81. The van der Waals surface area contributed by atoms with Gasteiger partial charge in [-0.25, -0.2) is 19.9 Å². The summed E-state index contributed by atoms with van der Waals surface area (Å²) in [5, 5.41) is 0. The van der Waals surface area contributed by atoms with Gasteiger partial charge in [-0.1, -0.05) is 18.2 Å². The van der Waals surface area contributed by atoms with Gasteiger partial charge in [0.25, 0.3) is 0 Å². The van der Waals surface area contributed by atoms with Gasteiger partial charge in [0.05, 0.1) is 24.1 Å². The number of nitrogens with zero attached hydrogens (tertiary/aromatic N) is 6. The number of fused-ring (bicyclic) bond motifs is 1. The summed E-state index contributed by atoms with van der Waals surface area (Å²) in [6.07, 6.45) is 4.68. The second-order valence-corrected chi connectivity index (χ2v) is 8.22. The Morgan fingerprint density at radius 2 is 1.59 bits per heavy atom. The van der Waals surface area contributed by atoms with Crippen LogP contribution in [0, 0.1) is 6.92 Å². The Hall–Kier alpha value is -3.55. The van der Waals surface area contributed by atoms with Crippen LogP contribution in [0.3, 0.4) is 0 Å². The van der Waals surface area contributed by atoms with Crippen LogP contribution in [-0.2, 0) is 6.42 Å². The van der Waals surface area contributed by atoms with Crippen molar-refractivity contribution in [1.82, 2.24) is 19.9 Å².